The number of halogens is 3. The van der Waals surface area contributed by atoms with Crippen LogP contribution in [0.5, 0.6) is 0 Å². The largest absolute Gasteiger partial charge is 0.376 e. The number of nitrogens with zero attached hydrogens (tertiary/aromatic N) is 2. The number of carbonyl (C=O) groups is 3. The third-order valence-corrected chi connectivity index (χ3v) is 9.85. The molecule has 43 heavy (non-hydrogen) atoms. The molecule has 3 aliphatic carbocycles. The first kappa shape index (κ1) is 28.1. The van der Waals surface area contributed by atoms with Crippen LogP contribution in [0.1, 0.15) is 28.2 Å². The molecule has 4 aliphatic rings. The highest BCUT2D eigenvalue weighted by atomic mass is 127. The molecule has 0 unspecified atom stereocenters. The van der Waals surface area contributed by atoms with Crippen LogP contribution in [0.3, 0.4) is 0 Å². The number of nitrogens with one attached hydrogen (secondary N) is 2. The minimum Gasteiger partial charge on any atom is -0.376 e. The fraction of sp³-hybridized carbons (Fsp3) is 0.152. The monoisotopic (exact) mass is 720 g/mol. The van der Waals surface area contributed by atoms with E-state index in [2.05, 4.69) is 38.4 Å². The molecule has 8 rings (SSSR count). The van der Waals surface area contributed by atoms with Crippen molar-refractivity contribution < 1.29 is 14.4 Å². The summed E-state index contributed by atoms with van der Waals surface area (Å²) in [6.07, 6.45) is 1.64. The topological polar surface area (TPSA) is 90.9 Å². The maximum Gasteiger partial charge on any atom is 0.259 e. The van der Waals surface area contributed by atoms with Crippen molar-refractivity contribution in [2.24, 2.45) is 16.9 Å². The van der Waals surface area contributed by atoms with Crippen molar-refractivity contribution in [1.82, 2.24) is 5.43 Å². The van der Waals surface area contributed by atoms with Gasteiger partial charge in [0.25, 0.3) is 5.91 Å². The van der Waals surface area contributed by atoms with Gasteiger partial charge in [0.05, 0.1) is 34.5 Å². The van der Waals surface area contributed by atoms with Crippen LogP contribution in [0, 0.1) is 15.4 Å². The van der Waals surface area contributed by atoms with Gasteiger partial charge in [0.15, 0.2) is 0 Å². The van der Waals surface area contributed by atoms with Crippen molar-refractivity contribution >= 4 is 81.1 Å². The summed E-state index contributed by atoms with van der Waals surface area (Å²) in [4.78, 5) is 42.7. The van der Waals surface area contributed by atoms with Crippen molar-refractivity contribution in [3.63, 3.8) is 0 Å². The molecule has 4 aromatic rings. The van der Waals surface area contributed by atoms with Crippen LogP contribution in [0.15, 0.2) is 96.1 Å². The highest BCUT2D eigenvalue weighted by Crippen LogP contribution is 2.63. The molecule has 3 amide bonds. The highest BCUT2D eigenvalue weighted by Gasteiger charge is 2.68. The summed E-state index contributed by atoms with van der Waals surface area (Å²) in [6.45, 7) is 0.00644. The van der Waals surface area contributed by atoms with Crippen molar-refractivity contribution in [3.05, 3.63) is 127 Å². The number of carbonyl (C=O) groups excluding carboxylic acids is 3. The minimum atomic E-state index is -1.11. The van der Waals surface area contributed by atoms with E-state index in [-0.39, 0.29) is 35.2 Å². The Morgan fingerprint density at radius 3 is 2.21 bits per heavy atom. The van der Waals surface area contributed by atoms with E-state index in [9.17, 15) is 14.4 Å². The second-order valence-electron chi connectivity index (χ2n) is 10.8. The van der Waals surface area contributed by atoms with Gasteiger partial charge in [0.1, 0.15) is 0 Å². The van der Waals surface area contributed by atoms with E-state index in [4.69, 9.17) is 23.2 Å². The Bertz CT molecular complexity index is 1800. The lowest BCUT2D eigenvalue weighted by atomic mass is 9.47. The van der Waals surface area contributed by atoms with Gasteiger partial charge in [-0.25, -0.2) is 10.3 Å². The molecule has 1 heterocycles. The lowest BCUT2D eigenvalue weighted by molar-refractivity contribution is -0.122. The molecule has 0 aromatic heterocycles. The smallest absolute Gasteiger partial charge is 0.259 e. The summed E-state index contributed by atoms with van der Waals surface area (Å²) in [7, 11) is 0. The average molecular weight is 721 g/mol. The Kier molecular flexibility index (Phi) is 7.03. The predicted octanol–water partition coefficient (Wildman–Crippen LogP) is 6.36. The fourth-order valence-electron chi connectivity index (χ4n) is 6.95. The molecule has 2 N–H and O–H groups in total. The molecule has 2 bridgehead atoms. The SMILES string of the molecule is O=C(CNc1ccc(I)cc1)N/N=C\C12c3ccccc3C(c3ccccc31)[C@@H]1C(=O)N(c3ccc(Cl)cc3Cl)C(=O)[C@@H]12. The van der Waals surface area contributed by atoms with E-state index in [1.807, 2.05) is 72.8 Å². The summed E-state index contributed by atoms with van der Waals surface area (Å²) in [6, 6.07) is 28.1. The van der Waals surface area contributed by atoms with E-state index < -0.39 is 17.3 Å². The average Bonchev–Trinajstić information content (AvgIpc) is 3.27. The van der Waals surface area contributed by atoms with E-state index in [1.54, 1.807) is 18.3 Å². The lowest BCUT2D eigenvalue weighted by Crippen LogP contribution is -2.54. The lowest BCUT2D eigenvalue weighted by Gasteiger charge is -2.52. The molecule has 0 spiro atoms. The van der Waals surface area contributed by atoms with Gasteiger partial charge in [-0.05, 0) is 87.3 Å². The zero-order valence-electron chi connectivity index (χ0n) is 22.4. The number of rotatable bonds is 6. The molecular weight excluding hydrogens is 698 g/mol. The summed E-state index contributed by atoms with van der Waals surface area (Å²) in [5, 5.41) is 8.15. The number of imide groups is 1. The maximum absolute atomic E-state index is 14.4. The number of amides is 3. The molecule has 1 fully saturated rings. The summed E-state index contributed by atoms with van der Waals surface area (Å²) < 4.78 is 1.09. The number of anilines is 2. The van der Waals surface area contributed by atoms with Crippen LogP contribution in [0.25, 0.3) is 0 Å². The van der Waals surface area contributed by atoms with Gasteiger partial charge in [-0.2, -0.15) is 5.10 Å². The molecule has 1 aliphatic heterocycles. The molecule has 1 saturated heterocycles. The van der Waals surface area contributed by atoms with Crippen molar-refractivity contribution in [2.75, 3.05) is 16.8 Å². The second-order valence-corrected chi connectivity index (χ2v) is 12.9. The predicted molar refractivity (Wildman–Crippen MR) is 176 cm³/mol. The zero-order valence-corrected chi connectivity index (χ0v) is 26.1. The quantitative estimate of drug-likeness (QED) is 0.105. The second kappa shape index (κ2) is 10.8. The van der Waals surface area contributed by atoms with Crippen LogP contribution in [-0.2, 0) is 19.8 Å². The minimum absolute atomic E-state index is 0.00644. The van der Waals surface area contributed by atoms with Gasteiger partial charge in [0.2, 0.25) is 11.8 Å². The van der Waals surface area contributed by atoms with Gasteiger partial charge in [-0.3, -0.25) is 14.4 Å². The Morgan fingerprint density at radius 2 is 1.56 bits per heavy atom. The first-order chi connectivity index (χ1) is 20.8. The van der Waals surface area contributed by atoms with E-state index >= 15 is 0 Å². The molecule has 2 atom stereocenters. The van der Waals surface area contributed by atoms with E-state index in [1.165, 1.54) is 11.0 Å². The molecule has 214 valence electrons. The zero-order chi connectivity index (χ0) is 29.9. The van der Waals surface area contributed by atoms with Gasteiger partial charge < -0.3 is 5.32 Å². The fourth-order valence-corrected chi connectivity index (χ4v) is 7.80. The molecule has 10 heteroatoms. The van der Waals surface area contributed by atoms with Crippen LogP contribution >= 0.6 is 45.8 Å². The summed E-state index contributed by atoms with van der Waals surface area (Å²) in [5.74, 6) is -2.85. The summed E-state index contributed by atoms with van der Waals surface area (Å²) >= 11 is 14.9. The Labute approximate surface area is 271 Å². The molecular formula is C33H23Cl2IN4O3. The molecule has 0 saturated carbocycles. The Hall–Kier alpha value is -3.73. The standard InChI is InChI=1S/C33H23Cl2IN4O3/c34-18-9-14-26(25(35)15-18)40-31(42)29-28-21-5-1-3-7-23(21)33(30(29)32(40)43,24-8-4-2-6-22(24)28)17-38-39-27(41)16-37-20-12-10-19(36)11-13-20/h1-15,17,28-30,37H,16H2,(H,39,41)/b38-17-/t28?,29-,30+,33?/m0/s1. The first-order valence-electron chi connectivity index (χ1n) is 13.7. The third kappa shape index (κ3) is 4.38. The first-order valence-corrected chi connectivity index (χ1v) is 15.5. The van der Waals surface area contributed by atoms with Crippen LogP contribution < -0.4 is 15.6 Å². The summed E-state index contributed by atoms with van der Waals surface area (Å²) in [5.41, 5.74) is 6.34. The van der Waals surface area contributed by atoms with Crippen molar-refractivity contribution in [1.29, 1.82) is 0 Å². The van der Waals surface area contributed by atoms with Gasteiger partial charge in [-0.15, -0.1) is 0 Å². The molecule has 4 aromatic carbocycles. The number of hydrazone groups is 1. The van der Waals surface area contributed by atoms with Gasteiger partial charge >= 0.3 is 0 Å². The molecule has 7 nitrogen and oxygen atoms in total. The maximum atomic E-state index is 14.4. The third-order valence-electron chi connectivity index (χ3n) is 8.59. The van der Waals surface area contributed by atoms with Gasteiger partial charge in [0, 0.05) is 26.4 Å². The van der Waals surface area contributed by atoms with E-state index in [0.29, 0.717) is 10.7 Å². The Morgan fingerprint density at radius 1 is 0.907 bits per heavy atom. The molecule has 0 radical (unpaired) electrons. The van der Waals surface area contributed by atoms with Crippen LogP contribution in [0.4, 0.5) is 11.4 Å². The van der Waals surface area contributed by atoms with Crippen molar-refractivity contribution in [2.45, 2.75) is 11.3 Å². The van der Waals surface area contributed by atoms with Crippen molar-refractivity contribution in [3.8, 4) is 0 Å². The number of benzene rings is 4. The van der Waals surface area contributed by atoms with E-state index in [0.717, 1.165) is 31.5 Å². The number of hydrogen-bond acceptors (Lipinski definition) is 5. The van der Waals surface area contributed by atoms with Crippen LogP contribution in [0.2, 0.25) is 10.0 Å². The Balaban J connectivity index is 1.30. The normalized spacial score (nSPS) is 23.2. The highest BCUT2D eigenvalue weighted by molar-refractivity contribution is 14.1. The van der Waals surface area contributed by atoms with Gasteiger partial charge in [-0.1, -0.05) is 71.7 Å². The number of hydrogen-bond donors (Lipinski definition) is 2. The van der Waals surface area contributed by atoms with Crippen LogP contribution in [-0.4, -0.2) is 30.5 Å².